The third-order valence-corrected chi connectivity index (χ3v) is 3.49. The summed E-state index contributed by atoms with van der Waals surface area (Å²) in [6, 6.07) is 0. The summed E-state index contributed by atoms with van der Waals surface area (Å²) in [5.74, 6) is 1.09. The highest BCUT2D eigenvalue weighted by molar-refractivity contribution is 4.92. The maximum Gasteiger partial charge on any atom is 0.122 e. The number of hydrogen-bond donors (Lipinski definition) is 1. The monoisotopic (exact) mass is 253 g/mol. The van der Waals surface area contributed by atoms with Crippen LogP contribution in [-0.2, 0) is 17.8 Å². The maximum atomic E-state index is 9.64. The van der Waals surface area contributed by atoms with Gasteiger partial charge in [0.05, 0.1) is 19.3 Å². The van der Waals surface area contributed by atoms with Crippen LogP contribution in [0.15, 0.2) is 12.4 Å². The van der Waals surface area contributed by atoms with Crippen molar-refractivity contribution >= 4 is 0 Å². The highest BCUT2D eigenvalue weighted by atomic mass is 16.5. The van der Waals surface area contributed by atoms with E-state index in [2.05, 4.69) is 14.5 Å². The topological polar surface area (TPSA) is 50.5 Å². The minimum absolute atomic E-state index is 0.122. The van der Waals surface area contributed by atoms with E-state index in [1.807, 2.05) is 12.4 Å². The number of imidazole rings is 1. The lowest BCUT2D eigenvalue weighted by molar-refractivity contribution is 0.154. The van der Waals surface area contributed by atoms with E-state index in [4.69, 9.17) is 4.74 Å². The SMILES string of the molecule is COCCn1ccnc1CN1CCC[C@@H](O)CC1. The molecular formula is C13H23N3O2. The molecule has 0 bridgehead atoms. The Hall–Kier alpha value is -0.910. The first-order valence-corrected chi connectivity index (χ1v) is 6.69. The number of aromatic nitrogens is 2. The van der Waals surface area contributed by atoms with Gasteiger partial charge in [-0.3, -0.25) is 4.90 Å². The van der Waals surface area contributed by atoms with E-state index < -0.39 is 0 Å². The lowest BCUT2D eigenvalue weighted by Crippen LogP contribution is -2.26. The van der Waals surface area contributed by atoms with Gasteiger partial charge in [0.15, 0.2) is 0 Å². The summed E-state index contributed by atoms with van der Waals surface area (Å²) in [4.78, 5) is 6.79. The summed E-state index contributed by atoms with van der Waals surface area (Å²) in [5, 5.41) is 9.64. The molecule has 1 saturated heterocycles. The first kappa shape index (κ1) is 13.5. The van der Waals surface area contributed by atoms with Gasteiger partial charge in [0.25, 0.3) is 0 Å². The number of likely N-dealkylation sites (tertiary alicyclic amines) is 1. The molecule has 1 aliphatic heterocycles. The van der Waals surface area contributed by atoms with Crippen molar-refractivity contribution in [3.8, 4) is 0 Å². The van der Waals surface area contributed by atoms with Crippen LogP contribution < -0.4 is 0 Å². The van der Waals surface area contributed by atoms with Crippen LogP contribution in [0, 0.1) is 0 Å². The zero-order chi connectivity index (χ0) is 12.8. The van der Waals surface area contributed by atoms with Crippen LogP contribution in [-0.4, -0.2) is 52.5 Å². The van der Waals surface area contributed by atoms with Gasteiger partial charge in [0, 0.05) is 32.6 Å². The molecule has 0 saturated carbocycles. The minimum atomic E-state index is -0.122. The number of ether oxygens (including phenoxy) is 1. The van der Waals surface area contributed by atoms with Crippen molar-refractivity contribution in [3.05, 3.63) is 18.2 Å². The Bertz CT molecular complexity index is 354. The minimum Gasteiger partial charge on any atom is -0.393 e. The molecule has 0 radical (unpaired) electrons. The molecule has 1 fully saturated rings. The highest BCUT2D eigenvalue weighted by Gasteiger charge is 2.16. The van der Waals surface area contributed by atoms with Crippen LogP contribution >= 0.6 is 0 Å². The summed E-state index contributed by atoms with van der Waals surface area (Å²) >= 11 is 0. The maximum absolute atomic E-state index is 9.64. The molecule has 1 aromatic heterocycles. The van der Waals surface area contributed by atoms with Crippen LogP contribution in [0.2, 0.25) is 0 Å². The fraction of sp³-hybridized carbons (Fsp3) is 0.769. The quantitative estimate of drug-likeness (QED) is 0.846. The number of rotatable bonds is 5. The molecule has 2 rings (SSSR count). The number of hydrogen-bond acceptors (Lipinski definition) is 4. The normalized spacial score (nSPS) is 22.0. The molecule has 0 aliphatic carbocycles. The molecule has 0 spiro atoms. The van der Waals surface area contributed by atoms with E-state index >= 15 is 0 Å². The molecule has 0 aromatic carbocycles. The van der Waals surface area contributed by atoms with Gasteiger partial charge in [-0.15, -0.1) is 0 Å². The summed E-state index contributed by atoms with van der Waals surface area (Å²) in [5.41, 5.74) is 0. The fourth-order valence-electron chi connectivity index (χ4n) is 2.38. The van der Waals surface area contributed by atoms with E-state index in [1.54, 1.807) is 7.11 Å². The Morgan fingerprint density at radius 2 is 2.33 bits per heavy atom. The summed E-state index contributed by atoms with van der Waals surface area (Å²) in [6.07, 6.45) is 6.59. The van der Waals surface area contributed by atoms with Crippen molar-refractivity contribution in [2.75, 3.05) is 26.8 Å². The molecule has 2 heterocycles. The number of methoxy groups -OCH3 is 1. The van der Waals surface area contributed by atoms with E-state index in [9.17, 15) is 5.11 Å². The number of nitrogens with zero attached hydrogens (tertiary/aromatic N) is 3. The van der Waals surface area contributed by atoms with Crippen LogP contribution in [0.25, 0.3) is 0 Å². The van der Waals surface area contributed by atoms with Crippen LogP contribution in [0.3, 0.4) is 0 Å². The van der Waals surface area contributed by atoms with Gasteiger partial charge in [0.2, 0.25) is 0 Å². The summed E-state index contributed by atoms with van der Waals surface area (Å²) in [7, 11) is 1.72. The zero-order valence-electron chi connectivity index (χ0n) is 11.1. The van der Waals surface area contributed by atoms with Crippen molar-refractivity contribution in [2.24, 2.45) is 0 Å². The molecule has 1 atom stereocenters. The largest absolute Gasteiger partial charge is 0.393 e. The van der Waals surface area contributed by atoms with Gasteiger partial charge >= 0.3 is 0 Å². The van der Waals surface area contributed by atoms with Crippen LogP contribution in [0.1, 0.15) is 25.1 Å². The average molecular weight is 253 g/mol. The lowest BCUT2D eigenvalue weighted by atomic mass is 10.2. The first-order valence-electron chi connectivity index (χ1n) is 6.69. The van der Waals surface area contributed by atoms with Crippen molar-refractivity contribution in [2.45, 2.75) is 38.5 Å². The van der Waals surface area contributed by atoms with Crippen LogP contribution in [0.5, 0.6) is 0 Å². The Morgan fingerprint density at radius 3 is 3.17 bits per heavy atom. The summed E-state index contributed by atoms with van der Waals surface area (Å²) < 4.78 is 7.24. The third kappa shape index (κ3) is 3.80. The molecule has 102 valence electrons. The predicted octanol–water partition coefficient (Wildman–Crippen LogP) is 0.876. The van der Waals surface area contributed by atoms with Crippen molar-refractivity contribution in [1.82, 2.24) is 14.5 Å². The number of aliphatic hydroxyl groups is 1. The molecule has 5 nitrogen and oxygen atoms in total. The Labute approximate surface area is 108 Å². The first-order chi connectivity index (χ1) is 8.79. The smallest absolute Gasteiger partial charge is 0.122 e. The van der Waals surface area contributed by atoms with Crippen molar-refractivity contribution in [1.29, 1.82) is 0 Å². The zero-order valence-corrected chi connectivity index (χ0v) is 11.1. The van der Waals surface area contributed by atoms with Gasteiger partial charge in [0.1, 0.15) is 5.82 Å². The molecule has 1 aliphatic rings. The second-order valence-electron chi connectivity index (χ2n) is 4.89. The molecule has 5 heteroatoms. The molecule has 18 heavy (non-hydrogen) atoms. The van der Waals surface area contributed by atoms with Gasteiger partial charge in [-0.05, 0) is 25.8 Å². The van der Waals surface area contributed by atoms with E-state index in [1.165, 1.54) is 0 Å². The second kappa shape index (κ2) is 6.87. The molecular weight excluding hydrogens is 230 g/mol. The molecule has 1 N–H and O–H groups in total. The summed E-state index contributed by atoms with van der Waals surface area (Å²) in [6.45, 7) is 4.43. The standard InChI is InChI=1S/C13H23N3O2/c1-18-10-9-16-8-5-14-13(16)11-15-6-2-3-12(17)4-7-15/h5,8,12,17H,2-4,6-7,9-11H2,1H3/t12-/m1/s1. The van der Waals surface area contributed by atoms with Gasteiger partial charge in [-0.25, -0.2) is 4.98 Å². The van der Waals surface area contributed by atoms with Crippen molar-refractivity contribution in [3.63, 3.8) is 0 Å². The lowest BCUT2D eigenvalue weighted by Gasteiger charge is -2.20. The second-order valence-corrected chi connectivity index (χ2v) is 4.89. The van der Waals surface area contributed by atoms with E-state index in [-0.39, 0.29) is 6.10 Å². The van der Waals surface area contributed by atoms with Gasteiger partial charge in [-0.1, -0.05) is 0 Å². The van der Waals surface area contributed by atoms with Crippen molar-refractivity contribution < 1.29 is 9.84 Å². The Kier molecular flexibility index (Phi) is 5.16. The molecule has 0 unspecified atom stereocenters. The van der Waals surface area contributed by atoms with Gasteiger partial charge in [-0.2, -0.15) is 0 Å². The Morgan fingerprint density at radius 1 is 1.44 bits per heavy atom. The number of aliphatic hydroxyl groups excluding tert-OH is 1. The van der Waals surface area contributed by atoms with Crippen LogP contribution in [0.4, 0.5) is 0 Å². The van der Waals surface area contributed by atoms with E-state index in [0.717, 1.165) is 51.3 Å². The van der Waals surface area contributed by atoms with E-state index in [0.29, 0.717) is 6.61 Å². The molecule has 1 aromatic rings. The third-order valence-electron chi connectivity index (χ3n) is 3.49. The Balaban J connectivity index is 1.90. The fourth-order valence-corrected chi connectivity index (χ4v) is 2.38. The highest BCUT2D eigenvalue weighted by Crippen LogP contribution is 2.13. The molecule has 0 amide bonds. The van der Waals surface area contributed by atoms with Gasteiger partial charge < -0.3 is 14.4 Å². The predicted molar refractivity (Wildman–Crippen MR) is 69.2 cm³/mol. The average Bonchev–Trinajstić information content (AvgIpc) is 2.70.